The first-order valence-electron chi connectivity index (χ1n) is 7.80. The van der Waals surface area contributed by atoms with E-state index in [-0.39, 0.29) is 23.3 Å². The fourth-order valence-corrected chi connectivity index (χ4v) is 3.83. The molecule has 12 nitrogen and oxygen atoms in total. The molecule has 0 spiro atoms. The Labute approximate surface area is 157 Å². The molecule has 0 unspecified atom stereocenters. The second-order valence-electron chi connectivity index (χ2n) is 5.51. The summed E-state index contributed by atoms with van der Waals surface area (Å²) in [5.74, 6) is 0.586. The highest BCUT2D eigenvalue weighted by atomic mass is 32.2. The number of aryl methyl sites for hydroxylation is 2. The molecule has 0 aliphatic carbocycles. The number of carbonyl (C=O) groups excluding carboxylic acids is 2. The molecule has 1 aliphatic heterocycles. The molecule has 26 heavy (non-hydrogen) atoms. The lowest BCUT2D eigenvalue weighted by molar-refractivity contribution is -0.136. The molecule has 1 fully saturated rings. The zero-order valence-corrected chi connectivity index (χ0v) is 16.0. The van der Waals surface area contributed by atoms with Crippen LogP contribution in [0.5, 0.6) is 0 Å². The third kappa shape index (κ3) is 4.49. The van der Waals surface area contributed by atoms with E-state index in [2.05, 4.69) is 31.1 Å². The first-order valence-corrected chi connectivity index (χ1v) is 9.77. The number of hydrogen-bond donors (Lipinski definition) is 0. The number of hydrogen-bond acceptors (Lipinski definition) is 10. The van der Waals surface area contributed by atoms with Gasteiger partial charge in [-0.15, -0.1) is 10.2 Å². The minimum absolute atomic E-state index is 0.0182. The fraction of sp³-hybridized carbons (Fsp3) is 0.667. The average Bonchev–Trinajstić information content (AvgIpc) is 3.25. The molecule has 3 heterocycles. The van der Waals surface area contributed by atoms with Gasteiger partial charge in [0.05, 0.1) is 11.5 Å². The molecular weight excluding hydrogens is 380 g/mol. The van der Waals surface area contributed by atoms with Crippen molar-refractivity contribution >= 4 is 35.3 Å². The summed E-state index contributed by atoms with van der Waals surface area (Å²) in [4.78, 5) is 28.1. The predicted octanol–water partition coefficient (Wildman–Crippen LogP) is -1.71. The third-order valence-corrected chi connectivity index (χ3v) is 5.79. The average molecular weight is 398 g/mol. The summed E-state index contributed by atoms with van der Waals surface area (Å²) >= 11 is 2.60. The summed E-state index contributed by atoms with van der Waals surface area (Å²) in [6, 6.07) is 0. The van der Waals surface area contributed by atoms with E-state index in [0.717, 1.165) is 0 Å². The van der Waals surface area contributed by atoms with Crippen molar-refractivity contribution in [3.63, 3.8) is 0 Å². The molecule has 3 rings (SSSR count). The number of piperazine rings is 1. The van der Waals surface area contributed by atoms with Gasteiger partial charge < -0.3 is 9.80 Å². The Kier molecular flexibility index (Phi) is 6.03. The predicted molar refractivity (Wildman–Crippen MR) is 92.2 cm³/mol. The SMILES string of the molecule is Cn1nnnc1SCC(=O)N1CCN(C(=O)CSc2nnnn2C)CC1. The van der Waals surface area contributed by atoms with Crippen LogP contribution in [0, 0.1) is 0 Å². The molecule has 14 heteroatoms. The highest BCUT2D eigenvalue weighted by molar-refractivity contribution is 8.00. The molecule has 1 saturated heterocycles. The van der Waals surface area contributed by atoms with Crippen molar-refractivity contribution in [2.24, 2.45) is 14.1 Å². The van der Waals surface area contributed by atoms with Gasteiger partial charge in [0, 0.05) is 40.3 Å². The Morgan fingerprint density at radius 3 is 1.50 bits per heavy atom. The topological polar surface area (TPSA) is 128 Å². The van der Waals surface area contributed by atoms with Crippen molar-refractivity contribution in [1.82, 2.24) is 50.2 Å². The summed E-state index contributed by atoms with van der Waals surface area (Å²) < 4.78 is 3.05. The lowest BCUT2D eigenvalue weighted by Gasteiger charge is -2.34. The molecule has 1 aliphatic rings. The zero-order valence-electron chi connectivity index (χ0n) is 14.3. The highest BCUT2D eigenvalue weighted by Crippen LogP contribution is 2.16. The molecule has 0 bridgehead atoms. The quantitative estimate of drug-likeness (QED) is 0.519. The largest absolute Gasteiger partial charge is 0.338 e. The lowest BCUT2D eigenvalue weighted by atomic mass is 10.3. The van der Waals surface area contributed by atoms with E-state index in [1.54, 1.807) is 23.9 Å². The number of carbonyl (C=O) groups is 2. The number of nitrogens with zero attached hydrogens (tertiary/aromatic N) is 10. The number of tetrazole rings is 2. The Bertz CT molecular complexity index is 705. The fourth-order valence-electron chi connectivity index (χ4n) is 2.33. The molecule has 2 aromatic heterocycles. The molecule has 0 aromatic carbocycles. The molecule has 0 radical (unpaired) electrons. The zero-order chi connectivity index (χ0) is 18.5. The van der Waals surface area contributed by atoms with Gasteiger partial charge >= 0.3 is 0 Å². The van der Waals surface area contributed by atoms with Gasteiger partial charge in [-0.2, -0.15) is 0 Å². The number of thioether (sulfide) groups is 2. The third-order valence-electron chi connectivity index (χ3n) is 3.80. The van der Waals surface area contributed by atoms with E-state index in [1.807, 2.05) is 0 Å². The monoisotopic (exact) mass is 398 g/mol. The van der Waals surface area contributed by atoms with Crippen LogP contribution in [0.15, 0.2) is 10.3 Å². The standard InChI is InChI=1S/C12H18N10O2S2/c1-19-11(13-15-17-19)25-7-9(23)21-3-5-22(6-4-21)10(24)8-26-12-14-16-18-20(12)2/h3-8H2,1-2H3. The minimum atomic E-state index is 0.0182. The van der Waals surface area contributed by atoms with Crippen molar-refractivity contribution in [1.29, 1.82) is 0 Å². The second-order valence-corrected chi connectivity index (χ2v) is 7.39. The van der Waals surface area contributed by atoms with E-state index in [0.29, 0.717) is 36.5 Å². The number of rotatable bonds is 6. The van der Waals surface area contributed by atoms with E-state index in [4.69, 9.17) is 0 Å². The molecule has 0 N–H and O–H groups in total. The smallest absolute Gasteiger partial charge is 0.233 e. The summed E-state index contributed by atoms with van der Waals surface area (Å²) in [6.45, 7) is 2.10. The molecule has 140 valence electrons. The van der Waals surface area contributed by atoms with Crippen LogP contribution in [-0.4, -0.2) is 99.7 Å². The molecule has 2 aromatic rings. The van der Waals surface area contributed by atoms with Gasteiger partial charge in [-0.1, -0.05) is 23.5 Å². The van der Waals surface area contributed by atoms with Gasteiger partial charge in [0.15, 0.2) is 0 Å². The van der Waals surface area contributed by atoms with Gasteiger partial charge in [-0.3, -0.25) is 9.59 Å². The van der Waals surface area contributed by atoms with Crippen molar-refractivity contribution in [2.75, 3.05) is 37.7 Å². The van der Waals surface area contributed by atoms with Crippen molar-refractivity contribution in [2.45, 2.75) is 10.3 Å². The van der Waals surface area contributed by atoms with Crippen LogP contribution < -0.4 is 0 Å². The van der Waals surface area contributed by atoms with Crippen molar-refractivity contribution < 1.29 is 9.59 Å². The molecule has 0 saturated carbocycles. The summed E-state index contributed by atoms with van der Waals surface area (Å²) in [7, 11) is 3.46. The number of amides is 2. The van der Waals surface area contributed by atoms with Crippen molar-refractivity contribution in [3.8, 4) is 0 Å². The van der Waals surface area contributed by atoms with E-state index in [9.17, 15) is 9.59 Å². The minimum Gasteiger partial charge on any atom is -0.338 e. The van der Waals surface area contributed by atoms with E-state index < -0.39 is 0 Å². The first-order chi connectivity index (χ1) is 12.5. The van der Waals surface area contributed by atoms with Crippen molar-refractivity contribution in [3.05, 3.63) is 0 Å². The van der Waals surface area contributed by atoms with Crippen LogP contribution in [0.2, 0.25) is 0 Å². The van der Waals surface area contributed by atoms with Crippen LogP contribution in [-0.2, 0) is 23.7 Å². The van der Waals surface area contributed by atoms with Gasteiger partial charge in [-0.25, -0.2) is 9.36 Å². The normalized spacial score (nSPS) is 14.7. The molecule has 2 amide bonds. The lowest BCUT2D eigenvalue weighted by Crippen LogP contribution is -2.51. The van der Waals surface area contributed by atoms with Crippen LogP contribution in [0.25, 0.3) is 0 Å². The van der Waals surface area contributed by atoms with Crippen LogP contribution in [0.1, 0.15) is 0 Å². The molecular formula is C12H18N10O2S2. The van der Waals surface area contributed by atoms with Crippen LogP contribution in [0.3, 0.4) is 0 Å². The highest BCUT2D eigenvalue weighted by Gasteiger charge is 2.24. The Morgan fingerprint density at radius 2 is 1.19 bits per heavy atom. The molecule has 0 atom stereocenters. The summed E-state index contributed by atoms with van der Waals surface area (Å²) in [5.41, 5.74) is 0. The summed E-state index contributed by atoms with van der Waals surface area (Å²) in [5, 5.41) is 23.4. The number of aromatic nitrogens is 8. The summed E-state index contributed by atoms with van der Waals surface area (Å²) in [6.07, 6.45) is 0. The van der Waals surface area contributed by atoms with Crippen LogP contribution >= 0.6 is 23.5 Å². The van der Waals surface area contributed by atoms with Crippen LogP contribution in [0.4, 0.5) is 0 Å². The van der Waals surface area contributed by atoms with E-state index in [1.165, 1.54) is 32.9 Å². The Morgan fingerprint density at radius 1 is 0.808 bits per heavy atom. The van der Waals surface area contributed by atoms with Gasteiger partial charge in [0.1, 0.15) is 0 Å². The second kappa shape index (κ2) is 8.44. The van der Waals surface area contributed by atoms with Gasteiger partial charge in [0.25, 0.3) is 0 Å². The Hall–Kier alpha value is -2.22. The van der Waals surface area contributed by atoms with Gasteiger partial charge in [-0.05, 0) is 20.9 Å². The maximum atomic E-state index is 12.3. The Balaban J connectivity index is 1.40. The van der Waals surface area contributed by atoms with Gasteiger partial charge in [0.2, 0.25) is 22.1 Å². The first kappa shape index (κ1) is 18.6. The van der Waals surface area contributed by atoms with E-state index >= 15 is 0 Å². The maximum Gasteiger partial charge on any atom is 0.233 e. The maximum absolute atomic E-state index is 12.3.